The van der Waals surface area contributed by atoms with Crippen molar-refractivity contribution in [2.75, 3.05) is 17.6 Å². The molecule has 35 heavy (non-hydrogen) atoms. The summed E-state index contributed by atoms with van der Waals surface area (Å²) in [5.41, 5.74) is 1.09. The number of alkyl halides is 3. The first kappa shape index (κ1) is 28.4. The number of hydrogen-bond acceptors (Lipinski definition) is 5. The van der Waals surface area contributed by atoms with Gasteiger partial charge >= 0.3 is 6.18 Å². The molecule has 0 aliphatic rings. The van der Waals surface area contributed by atoms with Crippen LogP contribution in [0, 0.1) is 6.92 Å². The largest absolute Gasteiger partial charge is 0.477 e. The third-order valence-electron chi connectivity index (χ3n) is 5.35. The number of carbonyl (C=O) groups excluding carboxylic acids is 1. The predicted octanol–water partition coefficient (Wildman–Crippen LogP) is 5.16. The number of benzene rings is 1. The van der Waals surface area contributed by atoms with Crippen molar-refractivity contribution in [1.82, 2.24) is 10.3 Å². The van der Waals surface area contributed by atoms with Gasteiger partial charge in [-0.15, -0.1) is 0 Å². The third-order valence-corrected chi connectivity index (χ3v) is 5.96. The molecular formula is C24H32F3N3O4S. The normalized spacial score (nSPS) is 12.8. The van der Waals surface area contributed by atoms with Gasteiger partial charge in [-0.05, 0) is 55.7 Å². The van der Waals surface area contributed by atoms with Gasteiger partial charge in [0.25, 0.3) is 0 Å². The van der Waals surface area contributed by atoms with Crippen LogP contribution >= 0.6 is 0 Å². The fourth-order valence-electron chi connectivity index (χ4n) is 3.50. The minimum Gasteiger partial charge on any atom is -0.477 e. The zero-order chi connectivity index (χ0) is 26.2. The summed E-state index contributed by atoms with van der Waals surface area (Å²) >= 11 is 0. The standard InChI is InChI=1S/C24H32F3N3O4S/c1-5-6-7-8-13-34-23-18(9-12-21(29-23)24(25,26)27)15-28-22(31)17(3)20-11-10-19(14-16(20)2)30-35(4,32)33/h9-12,14,17,30H,5-8,13,15H2,1-4H3,(H,28,31). The van der Waals surface area contributed by atoms with Crippen LogP contribution in [0.1, 0.15) is 67.8 Å². The van der Waals surface area contributed by atoms with E-state index in [-0.39, 0.29) is 24.9 Å². The van der Waals surface area contributed by atoms with Crippen molar-refractivity contribution >= 4 is 21.6 Å². The summed E-state index contributed by atoms with van der Waals surface area (Å²) in [6.07, 6.45) is 0.0609. The summed E-state index contributed by atoms with van der Waals surface area (Å²) < 4.78 is 70.2. The lowest BCUT2D eigenvalue weighted by Crippen LogP contribution is -2.28. The molecule has 194 valence electrons. The first-order chi connectivity index (χ1) is 16.3. The van der Waals surface area contributed by atoms with Crippen LogP contribution in [-0.2, 0) is 27.5 Å². The molecule has 1 heterocycles. The minimum atomic E-state index is -4.60. The van der Waals surface area contributed by atoms with E-state index in [9.17, 15) is 26.4 Å². The molecule has 1 aromatic carbocycles. The van der Waals surface area contributed by atoms with Crippen molar-refractivity contribution in [3.8, 4) is 5.88 Å². The molecule has 1 unspecified atom stereocenters. The second-order valence-corrected chi connectivity index (χ2v) is 10.2. The Morgan fingerprint density at radius 3 is 2.46 bits per heavy atom. The molecule has 0 aliphatic heterocycles. The molecule has 0 spiro atoms. The summed E-state index contributed by atoms with van der Waals surface area (Å²) in [4.78, 5) is 16.4. The summed E-state index contributed by atoms with van der Waals surface area (Å²) in [5, 5.41) is 2.73. The van der Waals surface area contributed by atoms with Crippen LogP contribution in [0.15, 0.2) is 30.3 Å². The summed E-state index contributed by atoms with van der Waals surface area (Å²) in [7, 11) is -3.43. The number of halogens is 3. The molecule has 2 N–H and O–H groups in total. The maximum atomic E-state index is 13.1. The number of anilines is 1. The second-order valence-electron chi connectivity index (χ2n) is 8.45. The Balaban J connectivity index is 2.11. The molecule has 2 rings (SSSR count). The number of amides is 1. The topological polar surface area (TPSA) is 97.4 Å². The van der Waals surface area contributed by atoms with E-state index >= 15 is 0 Å². The molecule has 7 nitrogen and oxygen atoms in total. The number of carbonyl (C=O) groups is 1. The lowest BCUT2D eigenvalue weighted by Gasteiger charge is -2.17. The van der Waals surface area contributed by atoms with E-state index in [2.05, 4.69) is 21.9 Å². The number of nitrogens with zero attached hydrogens (tertiary/aromatic N) is 1. The maximum absolute atomic E-state index is 13.1. The number of hydrogen-bond donors (Lipinski definition) is 2. The van der Waals surface area contributed by atoms with Crippen LogP contribution in [0.4, 0.5) is 18.9 Å². The van der Waals surface area contributed by atoms with Gasteiger partial charge in [0.15, 0.2) is 0 Å². The van der Waals surface area contributed by atoms with Crippen LogP contribution in [0.2, 0.25) is 0 Å². The molecule has 11 heteroatoms. The molecule has 0 radical (unpaired) electrons. The fraction of sp³-hybridized carbons (Fsp3) is 0.500. The smallest absolute Gasteiger partial charge is 0.433 e. The van der Waals surface area contributed by atoms with Crippen LogP contribution in [-0.4, -0.2) is 32.2 Å². The Labute approximate surface area is 204 Å². The first-order valence-corrected chi connectivity index (χ1v) is 13.3. The van der Waals surface area contributed by atoms with Gasteiger partial charge in [0.05, 0.1) is 18.8 Å². The Morgan fingerprint density at radius 1 is 1.14 bits per heavy atom. The van der Waals surface area contributed by atoms with Gasteiger partial charge in [0.1, 0.15) is 5.69 Å². The summed E-state index contributed by atoms with van der Waals surface area (Å²) in [5.74, 6) is -1.06. The number of rotatable bonds is 12. The SMILES string of the molecule is CCCCCCOc1nc(C(F)(F)F)ccc1CNC(=O)C(C)c1ccc(NS(C)(=O)=O)cc1C. The number of unbranched alkanes of at least 4 members (excludes halogenated alkanes) is 3. The molecule has 0 saturated carbocycles. The van der Waals surface area contributed by atoms with E-state index in [1.165, 1.54) is 6.07 Å². The van der Waals surface area contributed by atoms with Crippen LogP contribution in [0.3, 0.4) is 0 Å². The lowest BCUT2D eigenvalue weighted by atomic mass is 9.95. The van der Waals surface area contributed by atoms with Crippen LogP contribution in [0.25, 0.3) is 0 Å². The van der Waals surface area contributed by atoms with Gasteiger partial charge in [-0.1, -0.05) is 32.3 Å². The number of aromatic nitrogens is 1. The summed E-state index contributed by atoms with van der Waals surface area (Å²) in [6.45, 7) is 5.69. The minimum absolute atomic E-state index is 0.0502. The highest BCUT2D eigenvalue weighted by Gasteiger charge is 2.33. The van der Waals surface area contributed by atoms with E-state index in [0.717, 1.165) is 31.6 Å². The van der Waals surface area contributed by atoms with Crippen LogP contribution < -0.4 is 14.8 Å². The number of nitrogens with one attached hydrogen (secondary N) is 2. The van der Waals surface area contributed by atoms with Gasteiger partial charge in [-0.25, -0.2) is 13.4 Å². The van der Waals surface area contributed by atoms with Crippen molar-refractivity contribution in [2.24, 2.45) is 0 Å². The van der Waals surface area contributed by atoms with E-state index in [1.807, 2.05) is 0 Å². The van der Waals surface area contributed by atoms with Gasteiger partial charge in [-0.2, -0.15) is 13.2 Å². The van der Waals surface area contributed by atoms with Gasteiger partial charge in [0, 0.05) is 17.8 Å². The quantitative estimate of drug-likeness (QED) is 0.381. The van der Waals surface area contributed by atoms with Gasteiger partial charge < -0.3 is 10.1 Å². The molecule has 0 fully saturated rings. The predicted molar refractivity (Wildman–Crippen MR) is 129 cm³/mol. The van der Waals surface area contributed by atoms with Gasteiger partial charge in [0.2, 0.25) is 21.8 Å². The average Bonchev–Trinajstić information content (AvgIpc) is 2.75. The van der Waals surface area contributed by atoms with Crippen LogP contribution in [0.5, 0.6) is 5.88 Å². The van der Waals surface area contributed by atoms with E-state index in [1.54, 1.807) is 32.0 Å². The molecule has 1 aromatic heterocycles. The number of sulfonamides is 1. The molecule has 0 saturated heterocycles. The fourth-order valence-corrected chi connectivity index (χ4v) is 4.06. The highest BCUT2D eigenvalue weighted by molar-refractivity contribution is 7.92. The van der Waals surface area contributed by atoms with Crippen molar-refractivity contribution in [3.05, 3.63) is 52.7 Å². The molecule has 1 amide bonds. The Kier molecular flexibility index (Phi) is 9.93. The monoisotopic (exact) mass is 515 g/mol. The van der Waals surface area contributed by atoms with Crippen molar-refractivity contribution < 1.29 is 31.1 Å². The number of pyridine rings is 1. The Bertz CT molecular complexity index is 1120. The maximum Gasteiger partial charge on any atom is 0.433 e. The van der Waals surface area contributed by atoms with E-state index in [4.69, 9.17) is 4.74 Å². The van der Waals surface area contributed by atoms with E-state index < -0.39 is 27.8 Å². The zero-order valence-electron chi connectivity index (χ0n) is 20.3. The molecule has 0 bridgehead atoms. The molecular weight excluding hydrogens is 483 g/mol. The lowest BCUT2D eigenvalue weighted by molar-refractivity contribution is -0.141. The second kappa shape index (κ2) is 12.2. The Morgan fingerprint density at radius 2 is 1.86 bits per heavy atom. The van der Waals surface area contributed by atoms with E-state index in [0.29, 0.717) is 28.8 Å². The highest BCUT2D eigenvalue weighted by atomic mass is 32.2. The number of ether oxygens (including phenoxy) is 1. The molecule has 1 atom stereocenters. The van der Waals surface area contributed by atoms with Crippen molar-refractivity contribution in [3.63, 3.8) is 0 Å². The highest BCUT2D eigenvalue weighted by Crippen LogP contribution is 2.30. The first-order valence-electron chi connectivity index (χ1n) is 11.4. The number of aryl methyl sites for hydroxylation is 1. The zero-order valence-corrected chi connectivity index (χ0v) is 21.1. The molecule has 0 aliphatic carbocycles. The van der Waals surface area contributed by atoms with Crippen molar-refractivity contribution in [1.29, 1.82) is 0 Å². The van der Waals surface area contributed by atoms with Crippen molar-refractivity contribution in [2.45, 2.75) is 65.1 Å². The third kappa shape index (κ3) is 9.04. The Hall–Kier alpha value is -2.82. The summed E-state index contributed by atoms with van der Waals surface area (Å²) in [6, 6.07) is 6.99. The molecule has 2 aromatic rings. The van der Waals surface area contributed by atoms with Gasteiger partial charge in [-0.3, -0.25) is 9.52 Å². The average molecular weight is 516 g/mol.